The quantitative estimate of drug-likeness (QED) is 0.655. The Bertz CT molecular complexity index is 488. The maximum atomic E-state index is 11.8. The lowest BCUT2D eigenvalue weighted by atomic mass is 10.1. The van der Waals surface area contributed by atoms with Gasteiger partial charge in [-0.3, -0.25) is 14.9 Å². The summed E-state index contributed by atoms with van der Waals surface area (Å²) in [5.41, 5.74) is -0.783. The molecule has 0 aliphatic heterocycles. The van der Waals surface area contributed by atoms with Crippen LogP contribution >= 0.6 is 15.9 Å². The van der Waals surface area contributed by atoms with Gasteiger partial charge in [-0.05, 0) is 41.9 Å². The summed E-state index contributed by atoms with van der Waals surface area (Å²) in [7, 11) is 0. The summed E-state index contributed by atoms with van der Waals surface area (Å²) in [4.78, 5) is 22.0. The van der Waals surface area contributed by atoms with Gasteiger partial charge >= 0.3 is 0 Å². The van der Waals surface area contributed by atoms with Crippen LogP contribution in [0, 0.1) is 10.1 Å². The first-order chi connectivity index (χ1) is 8.26. The van der Waals surface area contributed by atoms with Crippen LogP contribution < -0.4 is 5.32 Å². The Morgan fingerprint density at radius 2 is 2.17 bits per heavy atom. The molecule has 1 rings (SSSR count). The smallest absolute Gasteiger partial charge is 0.284 e. The lowest BCUT2D eigenvalue weighted by Gasteiger charge is -2.23. The van der Waals surface area contributed by atoms with Crippen molar-refractivity contribution in [2.75, 3.05) is 6.61 Å². The van der Waals surface area contributed by atoms with E-state index in [1.807, 2.05) is 0 Å². The highest BCUT2D eigenvalue weighted by Crippen LogP contribution is 2.25. The normalized spacial score (nSPS) is 11.1. The first kappa shape index (κ1) is 14.6. The number of halogens is 1. The molecular weight excluding hydrogens is 304 g/mol. The fourth-order valence-electron chi connectivity index (χ4n) is 1.21. The number of amides is 1. The summed E-state index contributed by atoms with van der Waals surface area (Å²) < 4.78 is 0.311. The molecular formula is C11H13BrN2O4. The van der Waals surface area contributed by atoms with Gasteiger partial charge in [-0.15, -0.1) is 0 Å². The van der Waals surface area contributed by atoms with Crippen LogP contribution in [0.5, 0.6) is 0 Å². The molecule has 0 aliphatic rings. The van der Waals surface area contributed by atoms with E-state index in [-0.39, 0.29) is 17.9 Å². The van der Waals surface area contributed by atoms with Gasteiger partial charge in [0.05, 0.1) is 21.5 Å². The Morgan fingerprint density at radius 1 is 1.56 bits per heavy atom. The molecule has 1 aromatic rings. The van der Waals surface area contributed by atoms with Crippen molar-refractivity contribution in [1.29, 1.82) is 0 Å². The number of nitro groups is 1. The topological polar surface area (TPSA) is 92.5 Å². The second-order valence-corrected chi connectivity index (χ2v) is 5.27. The SMILES string of the molecule is CC(C)(CO)NC(=O)c1ccc(Br)c([N+](=O)[O-])c1. The Kier molecular flexibility index (Phi) is 4.42. The third-order valence-electron chi connectivity index (χ3n) is 2.25. The molecule has 0 unspecified atom stereocenters. The molecule has 7 heteroatoms. The molecule has 0 bridgehead atoms. The van der Waals surface area contributed by atoms with E-state index in [0.717, 1.165) is 0 Å². The number of rotatable bonds is 4. The van der Waals surface area contributed by atoms with E-state index >= 15 is 0 Å². The van der Waals surface area contributed by atoms with Crippen molar-refractivity contribution in [2.24, 2.45) is 0 Å². The zero-order valence-corrected chi connectivity index (χ0v) is 11.5. The molecule has 18 heavy (non-hydrogen) atoms. The number of carbonyl (C=O) groups excluding carboxylic acids is 1. The Labute approximate surface area is 112 Å². The summed E-state index contributed by atoms with van der Waals surface area (Å²) in [6.45, 7) is 3.08. The summed E-state index contributed by atoms with van der Waals surface area (Å²) in [5, 5.41) is 22.4. The van der Waals surface area contributed by atoms with Crippen molar-refractivity contribution in [2.45, 2.75) is 19.4 Å². The van der Waals surface area contributed by atoms with Crippen molar-refractivity contribution in [3.8, 4) is 0 Å². The number of carbonyl (C=O) groups is 1. The predicted octanol–water partition coefficient (Wildman–Crippen LogP) is 1.86. The number of hydrogen-bond donors (Lipinski definition) is 2. The van der Waals surface area contributed by atoms with E-state index in [4.69, 9.17) is 5.11 Å². The highest BCUT2D eigenvalue weighted by atomic mass is 79.9. The van der Waals surface area contributed by atoms with Crippen molar-refractivity contribution >= 4 is 27.5 Å². The molecule has 0 radical (unpaired) electrons. The number of aliphatic hydroxyl groups is 1. The van der Waals surface area contributed by atoms with Gasteiger partial charge in [0, 0.05) is 11.6 Å². The molecule has 0 fully saturated rings. The highest BCUT2D eigenvalue weighted by molar-refractivity contribution is 9.10. The first-order valence-corrected chi connectivity index (χ1v) is 5.93. The molecule has 0 saturated carbocycles. The molecule has 0 saturated heterocycles. The minimum absolute atomic E-state index is 0.173. The van der Waals surface area contributed by atoms with E-state index in [1.165, 1.54) is 18.2 Å². The fraction of sp³-hybridized carbons (Fsp3) is 0.364. The van der Waals surface area contributed by atoms with Crippen LogP contribution in [0.15, 0.2) is 22.7 Å². The van der Waals surface area contributed by atoms with Crippen molar-refractivity contribution in [3.63, 3.8) is 0 Å². The van der Waals surface area contributed by atoms with Crippen LogP contribution in [-0.2, 0) is 0 Å². The Hall–Kier alpha value is -1.47. The van der Waals surface area contributed by atoms with Gasteiger partial charge in [-0.1, -0.05) is 0 Å². The number of benzene rings is 1. The summed E-state index contributed by atoms with van der Waals surface area (Å²) in [6, 6.07) is 4.10. The number of hydrogen-bond acceptors (Lipinski definition) is 4. The molecule has 0 spiro atoms. The van der Waals surface area contributed by atoms with Crippen LogP contribution in [0.3, 0.4) is 0 Å². The van der Waals surface area contributed by atoms with E-state index in [1.54, 1.807) is 13.8 Å². The van der Waals surface area contributed by atoms with Gasteiger partial charge < -0.3 is 10.4 Å². The minimum atomic E-state index is -0.779. The summed E-state index contributed by atoms with van der Waals surface area (Å²) >= 11 is 3.04. The fourth-order valence-corrected chi connectivity index (χ4v) is 1.60. The number of nitro benzene ring substituents is 1. The Morgan fingerprint density at radius 3 is 2.67 bits per heavy atom. The third-order valence-corrected chi connectivity index (χ3v) is 2.92. The second kappa shape index (κ2) is 5.45. The standard InChI is InChI=1S/C11H13BrN2O4/c1-11(2,6-15)13-10(16)7-3-4-8(12)9(5-7)14(17)18/h3-5,15H,6H2,1-2H3,(H,13,16). The Balaban J connectivity index is 3.01. The maximum Gasteiger partial charge on any atom is 0.284 e. The van der Waals surface area contributed by atoms with Crippen LogP contribution in [0.1, 0.15) is 24.2 Å². The molecule has 0 atom stereocenters. The van der Waals surface area contributed by atoms with E-state index < -0.39 is 16.4 Å². The number of nitrogens with zero attached hydrogens (tertiary/aromatic N) is 1. The summed E-state index contributed by atoms with van der Waals surface area (Å²) in [5.74, 6) is -0.468. The van der Waals surface area contributed by atoms with Crippen LogP contribution in [0.4, 0.5) is 5.69 Å². The van der Waals surface area contributed by atoms with Gasteiger partial charge in [0.25, 0.3) is 11.6 Å². The first-order valence-electron chi connectivity index (χ1n) is 5.14. The van der Waals surface area contributed by atoms with Crippen molar-refractivity contribution in [3.05, 3.63) is 38.3 Å². The van der Waals surface area contributed by atoms with Crippen LogP contribution in [-0.4, -0.2) is 28.1 Å². The number of aliphatic hydroxyl groups excluding tert-OH is 1. The molecule has 0 aromatic heterocycles. The molecule has 6 nitrogen and oxygen atoms in total. The van der Waals surface area contributed by atoms with E-state index in [2.05, 4.69) is 21.2 Å². The molecule has 98 valence electrons. The minimum Gasteiger partial charge on any atom is -0.394 e. The zero-order chi connectivity index (χ0) is 13.9. The van der Waals surface area contributed by atoms with Gasteiger partial charge in [0.1, 0.15) is 0 Å². The molecule has 1 amide bonds. The number of nitrogens with one attached hydrogen (secondary N) is 1. The van der Waals surface area contributed by atoms with E-state index in [9.17, 15) is 14.9 Å². The molecule has 1 aromatic carbocycles. The maximum absolute atomic E-state index is 11.8. The predicted molar refractivity (Wildman–Crippen MR) is 69.4 cm³/mol. The molecule has 0 aliphatic carbocycles. The second-order valence-electron chi connectivity index (χ2n) is 4.42. The largest absolute Gasteiger partial charge is 0.394 e. The monoisotopic (exact) mass is 316 g/mol. The van der Waals surface area contributed by atoms with Gasteiger partial charge in [0.2, 0.25) is 0 Å². The molecule has 0 heterocycles. The van der Waals surface area contributed by atoms with Crippen LogP contribution in [0.25, 0.3) is 0 Å². The van der Waals surface area contributed by atoms with Crippen molar-refractivity contribution in [1.82, 2.24) is 5.32 Å². The lowest BCUT2D eigenvalue weighted by molar-refractivity contribution is -0.385. The van der Waals surface area contributed by atoms with Crippen molar-refractivity contribution < 1.29 is 14.8 Å². The average molecular weight is 317 g/mol. The summed E-state index contributed by atoms with van der Waals surface area (Å²) in [6.07, 6.45) is 0. The van der Waals surface area contributed by atoms with Gasteiger partial charge in [-0.25, -0.2) is 0 Å². The van der Waals surface area contributed by atoms with E-state index in [0.29, 0.717) is 4.47 Å². The third kappa shape index (κ3) is 3.51. The van der Waals surface area contributed by atoms with Gasteiger partial charge in [-0.2, -0.15) is 0 Å². The van der Waals surface area contributed by atoms with Crippen LogP contribution in [0.2, 0.25) is 0 Å². The van der Waals surface area contributed by atoms with Gasteiger partial charge in [0.15, 0.2) is 0 Å². The molecule has 2 N–H and O–H groups in total. The lowest BCUT2D eigenvalue weighted by Crippen LogP contribution is -2.46. The highest BCUT2D eigenvalue weighted by Gasteiger charge is 2.22. The average Bonchev–Trinajstić information content (AvgIpc) is 2.28. The zero-order valence-electron chi connectivity index (χ0n) is 9.94.